The molecule has 2 heterocycles. The van der Waals surface area contributed by atoms with E-state index in [0.29, 0.717) is 32.2 Å². The van der Waals surface area contributed by atoms with E-state index in [-0.39, 0.29) is 24.8 Å². The van der Waals surface area contributed by atoms with Gasteiger partial charge in [0.1, 0.15) is 18.2 Å². The van der Waals surface area contributed by atoms with Gasteiger partial charge in [-0.05, 0) is 49.4 Å². The van der Waals surface area contributed by atoms with E-state index in [1.807, 2.05) is 24.3 Å². The number of nitrogens with one attached hydrogen (secondary N) is 1. The molecule has 2 aromatic carbocycles. The molecule has 1 atom stereocenters. The van der Waals surface area contributed by atoms with Crippen molar-refractivity contribution in [1.29, 1.82) is 0 Å². The van der Waals surface area contributed by atoms with Crippen LogP contribution in [-0.4, -0.2) is 61.8 Å². The smallest absolute Gasteiger partial charge is 0.260 e. The van der Waals surface area contributed by atoms with Crippen LogP contribution in [0.1, 0.15) is 24.8 Å². The zero-order chi connectivity index (χ0) is 24.0. The molecule has 2 aliphatic rings. The number of aryl methyl sites for hydroxylation is 1. The van der Waals surface area contributed by atoms with Gasteiger partial charge < -0.3 is 24.4 Å². The first-order chi connectivity index (χ1) is 16.5. The first-order valence-electron chi connectivity index (χ1n) is 11.5. The Labute approximate surface area is 197 Å². The number of benzene rings is 2. The molecule has 9 heteroatoms. The van der Waals surface area contributed by atoms with Gasteiger partial charge in [0.2, 0.25) is 0 Å². The summed E-state index contributed by atoms with van der Waals surface area (Å²) in [6.45, 7) is 0.760. The third kappa shape index (κ3) is 5.64. The predicted octanol–water partition coefficient (Wildman–Crippen LogP) is 2.86. The van der Waals surface area contributed by atoms with Gasteiger partial charge in [-0.15, -0.1) is 0 Å². The summed E-state index contributed by atoms with van der Waals surface area (Å²) in [4.78, 5) is 27.4. The number of halogens is 2. The Balaban J connectivity index is 1.41. The van der Waals surface area contributed by atoms with Gasteiger partial charge in [0.05, 0.1) is 19.7 Å². The number of carbonyl (C=O) groups excluding carboxylic acids is 2. The van der Waals surface area contributed by atoms with E-state index >= 15 is 0 Å². The van der Waals surface area contributed by atoms with Crippen molar-refractivity contribution in [3.8, 4) is 11.5 Å². The maximum Gasteiger partial charge on any atom is 0.260 e. The fourth-order valence-electron chi connectivity index (χ4n) is 4.29. The summed E-state index contributed by atoms with van der Waals surface area (Å²) in [5.41, 5.74) is -0.0525. The number of fused-ring (bicyclic) bond motifs is 1. The van der Waals surface area contributed by atoms with Crippen molar-refractivity contribution in [2.75, 3.05) is 39.5 Å². The van der Waals surface area contributed by atoms with Crippen molar-refractivity contribution >= 4 is 11.8 Å². The molecule has 0 saturated carbocycles. The van der Waals surface area contributed by atoms with E-state index < -0.39 is 29.7 Å². The largest absolute Gasteiger partial charge is 0.491 e. The minimum absolute atomic E-state index is 0.0738. The van der Waals surface area contributed by atoms with Gasteiger partial charge in [0, 0.05) is 12.6 Å². The van der Waals surface area contributed by atoms with E-state index in [4.69, 9.17) is 14.2 Å². The molecule has 1 fully saturated rings. The Bertz CT molecular complexity index is 1030. The molecule has 1 unspecified atom stereocenters. The highest BCUT2D eigenvalue weighted by molar-refractivity contribution is 5.87. The zero-order valence-corrected chi connectivity index (χ0v) is 18.9. The van der Waals surface area contributed by atoms with Crippen LogP contribution in [0.5, 0.6) is 11.5 Å². The molecule has 7 nitrogen and oxygen atoms in total. The van der Waals surface area contributed by atoms with Gasteiger partial charge in [-0.1, -0.05) is 18.2 Å². The second-order valence-corrected chi connectivity index (χ2v) is 8.44. The summed E-state index contributed by atoms with van der Waals surface area (Å²) in [6.07, 6.45) is 2.83. The summed E-state index contributed by atoms with van der Waals surface area (Å²) in [6, 6.07) is 10.8. The van der Waals surface area contributed by atoms with E-state index in [1.165, 1.54) is 4.90 Å². The molecule has 34 heavy (non-hydrogen) atoms. The van der Waals surface area contributed by atoms with E-state index in [9.17, 15) is 18.4 Å². The Hall–Kier alpha value is -3.20. The zero-order valence-electron chi connectivity index (χ0n) is 18.9. The number of ether oxygens (including phenoxy) is 3. The molecule has 0 radical (unpaired) electrons. The highest BCUT2D eigenvalue weighted by Crippen LogP contribution is 2.28. The number of carbonyl (C=O) groups is 2. The van der Waals surface area contributed by atoms with Crippen molar-refractivity contribution in [3.05, 3.63) is 59.7 Å². The number of hydrogen-bond donors (Lipinski definition) is 1. The molecule has 1 spiro atoms. The third-order valence-electron chi connectivity index (χ3n) is 6.09. The fourth-order valence-corrected chi connectivity index (χ4v) is 4.29. The van der Waals surface area contributed by atoms with Crippen LogP contribution >= 0.6 is 0 Å². The highest BCUT2D eigenvalue weighted by atomic mass is 19.1. The Morgan fingerprint density at radius 3 is 2.85 bits per heavy atom. The first-order valence-corrected chi connectivity index (χ1v) is 11.5. The summed E-state index contributed by atoms with van der Waals surface area (Å²) in [7, 11) is 0. The van der Waals surface area contributed by atoms with Crippen LogP contribution < -0.4 is 14.8 Å². The van der Waals surface area contributed by atoms with E-state index in [2.05, 4.69) is 5.32 Å². The van der Waals surface area contributed by atoms with Crippen LogP contribution in [-0.2, 0) is 20.7 Å². The Morgan fingerprint density at radius 2 is 2.00 bits per heavy atom. The second kappa shape index (κ2) is 10.8. The van der Waals surface area contributed by atoms with E-state index in [0.717, 1.165) is 42.7 Å². The fraction of sp³-hybridized carbons (Fsp3) is 0.440. The van der Waals surface area contributed by atoms with Crippen molar-refractivity contribution in [3.63, 3.8) is 0 Å². The predicted molar refractivity (Wildman–Crippen MR) is 120 cm³/mol. The van der Waals surface area contributed by atoms with Crippen LogP contribution in [0, 0.1) is 11.6 Å². The Kier molecular flexibility index (Phi) is 7.62. The highest BCUT2D eigenvalue weighted by Gasteiger charge is 2.44. The van der Waals surface area contributed by atoms with Crippen LogP contribution in [0.15, 0.2) is 42.5 Å². The number of para-hydroxylation sites is 1. The topological polar surface area (TPSA) is 77.1 Å². The van der Waals surface area contributed by atoms with Crippen molar-refractivity contribution < 1.29 is 32.6 Å². The third-order valence-corrected chi connectivity index (χ3v) is 6.09. The molecule has 182 valence electrons. The lowest BCUT2D eigenvalue weighted by molar-refractivity contribution is -0.168. The van der Waals surface area contributed by atoms with Gasteiger partial charge in [-0.3, -0.25) is 9.59 Å². The SMILES string of the molecule is O=C(COc1ccc(F)cc1F)N1CCOC2(CCCCc3ccccc3OCCNC2=O)C1. The quantitative estimate of drug-likeness (QED) is 0.741. The lowest BCUT2D eigenvalue weighted by atomic mass is 9.91. The van der Waals surface area contributed by atoms with Crippen LogP contribution in [0.3, 0.4) is 0 Å². The molecule has 0 aromatic heterocycles. The second-order valence-electron chi connectivity index (χ2n) is 8.44. The summed E-state index contributed by atoms with van der Waals surface area (Å²) >= 11 is 0. The normalized spacial score (nSPS) is 21.5. The average molecular weight is 475 g/mol. The van der Waals surface area contributed by atoms with Crippen LogP contribution in [0.2, 0.25) is 0 Å². The van der Waals surface area contributed by atoms with Crippen molar-refractivity contribution in [2.45, 2.75) is 31.3 Å². The molecule has 0 bridgehead atoms. The number of amides is 2. The lowest BCUT2D eigenvalue weighted by Gasteiger charge is -2.41. The number of hydrogen-bond acceptors (Lipinski definition) is 5. The van der Waals surface area contributed by atoms with Gasteiger partial charge in [-0.25, -0.2) is 8.78 Å². The lowest BCUT2D eigenvalue weighted by Crippen LogP contribution is -2.61. The molecule has 2 aliphatic heterocycles. The Morgan fingerprint density at radius 1 is 1.15 bits per heavy atom. The molecule has 1 saturated heterocycles. The van der Waals surface area contributed by atoms with Gasteiger partial charge >= 0.3 is 0 Å². The van der Waals surface area contributed by atoms with Crippen molar-refractivity contribution in [1.82, 2.24) is 10.2 Å². The van der Waals surface area contributed by atoms with Crippen LogP contribution in [0.25, 0.3) is 0 Å². The molecular formula is C25H28F2N2O5. The number of nitrogens with zero attached hydrogens (tertiary/aromatic N) is 1. The number of rotatable bonds is 3. The minimum Gasteiger partial charge on any atom is -0.491 e. The van der Waals surface area contributed by atoms with E-state index in [1.54, 1.807) is 0 Å². The molecule has 2 amide bonds. The standard InChI is InChI=1S/C25H28F2N2O5/c26-19-8-9-22(20(27)15-19)33-16-23(30)29-12-14-34-25(17-29)10-4-3-6-18-5-1-2-7-21(18)32-13-11-28-24(25)31/h1-2,5,7-9,15H,3-4,6,10-14,16-17H2,(H,28,31). The first kappa shape index (κ1) is 23.9. The molecule has 0 aliphatic carbocycles. The summed E-state index contributed by atoms with van der Waals surface area (Å²) in [5, 5.41) is 2.88. The van der Waals surface area contributed by atoms with Crippen LogP contribution in [0.4, 0.5) is 8.78 Å². The minimum atomic E-state index is -1.17. The van der Waals surface area contributed by atoms with Gasteiger partial charge in [-0.2, -0.15) is 0 Å². The maximum absolute atomic E-state index is 13.8. The monoisotopic (exact) mass is 474 g/mol. The van der Waals surface area contributed by atoms with Gasteiger partial charge in [0.15, 0.2) is 23.8 Å². The molecule has 2 aromatic rings. The molecule has 4 rings (SSSR count). The molecular weight excluding hydrogens is 446 g/mol. The average Bonchev–Trinajstić information content (AvgIpc) is 2.84. The maximum atomic E-state index is 13.8. The number of morpholine rings is 1. The summed E-state index contributed by atoms with van der Waals surface area (Å²) in [5.74, 6) is -1.67. The molecule has 1 N–H and O–H groups in total. The van der Waals surface area contributed by atoms with Crippen molar-refractivity contribution in [2.24, 2.45) is 0 Å². The van der Waals surface area contributed by atoms with Gasteiger partial charge in [0.25, 0.3) is 11.8 Å². The summed E-state index contributed by atoms with van der Waals surface area (Å²) < 4.78 is 44.0.